The first-order chi connectivity index (χ1) is 13.0. The van der Waals surface area contributed by atoms with Crippen molar-refractivity contribution in [2.45, 2.75) is 26.3 Å². The summed E-state index contributed by atoms with van der Waals surface area (Å²) < 4.78 is 0. The second-order valence-electron chi connectivity index (χ2n) is 7.65. The van der Waals surface area contributed by atoms with E-state index in [4.69, 9.17) is 4.84 Å². The van der Waals surface area contributed by atoms with Gasteiger partial charge in [-0.25, -0.2) is 0 Å². The lowest BCUT2D eigenvalue weighted by Crippen LogP contribution is -2.45. The fourth-order valence-electron chi connectivity index (χ4n) is 3.16. The van der Waals surface area contributed by atoms with Crippen molar-refractivity contribution in [1.29, 1.82) is 0 Å². The number of nitrogens with one attached hydrogen (secondary N) is 1. The Hall–Kier alpha value is -3.04. The Kier molecular flexibility index (Phi) is 4.46. The van der Waals surface area contributed by atoms with Crippen molar-refractivity contribution in [2.24, 2.45) is 0 Å². The molecular weight excluding hydrogens is 332 g/mol. The quantitative estimate of drug-likeness (QED) is 0.648. The van der Waals surface area contributed by atoms with E-state index in [0.717, 1.165) is 22.6 Å². The Morgan fingerprint density at radius 3 is 1.78 bits per heavy atom. The van der Waals surface area contributed by atoms with E-state index in [1.165, 1.54) is 11.1 Å². The van der Waals surface area contributed by atoms with Crippen LogP contribution in [0, 0.1) is 0 Å². The molecule has 1 aliphatic heterocycles. The Labute approximate surface area is 160 Å². The van der Waals surface area contributed by atoms with Crippen molar-refractivity contribution in [3.8, 4) is 11.1 Å². The molecule has 0 atom stereocenters. The van der Waals surface area contributed by atoms with Crippen LogP contribution < -0.4 is 5.43 Å². The molecule has 0 saturated heterocycles. The molecular formula is C24H24N2O. The number of hydroxylamine groups is 1. The minimum absolute atomic E-state index is 0.191. The van der Waals surface area contributed by atoms with Crippen molar-refractivity contribution >= 4 is 11.5 Å². The second kappa shape index (κ2) is 6.93. The zero-order valence-electron chi connectivity index (χ0n) is 15.9. The number of nitrogens with zero attached hydrogens (tertiary/aromatic N) is 1. The third-order valence-electron chi connectivity index (χ3n) is 4.55. The fraction of sp³-hybridized carbons (Fsp3) is 0.167. The normalized spacial score (nSPS) is 14.8. The fourth-order valence-corrected chi connectivity index (χ4v) is 3.16. The molecule has 3 nitrogen and oxygen atoms in total. The van der Waals surface area contributed by atoms with Crippen LogP contribution in [0.3, 0.4) is 0 Å². The van der Waals surface area contributed by atoms with Crippen molar-refractivity contribution in [1.82, 2.24) is 10.6 Å². The summed E-state index contributed by atoms with van der Waals surface area (Å²) in [6.07, 6.45) is 0. The summed E-state index contributed by atoms with van der Waals surface area (Å²) in [5.41, 5.74) is 8.82. The summed E-state index contributed by atoms with van der Waals surface area (Å²) in [6.45, 7) is 6.36. The van der Waals surface area contributed by atoms with Crippen LogP contribution in [0.1, 0.15) is 31.9 Å². The molecule has 0 aromatic heterocycles. The van der Waals surface area contributed by atoms with Crippen molar-refractivity contribution in [2.75, 3.05) is 0 Å². The Bertz CT molecular complexity index is 956. The van der Waals surface area contributed by atoms with Crippen LogP contribution in [0.4, 0.5) is 0 Å². The van der Waals surface area contributed by atoms with E-state index >= 15 is 0 Å². The number of rotatable bonds is 3. The molecule has 1 aliphatic rings. The molecule has 1 N–H and O–H groups in total. The summed E-state index contributed by atoms with van der Waals surface area (Å²) in [4.78, 5) is 6.27. The molecule has 0 saturated carbocycles. The lowest BCUT2D eigenvalue weighted by Gasteiger charge is -2.30. The average Bonchev–Trinajstić information content (AvgIpc) is 3.15. The van der Waals surface area contributed by atoms with Crippen LogP contribution in [0.5, 0.6) is 0 Å². The SMILES string of the molecule is CC(C)(C)N1NC(c2ccccc2-c2ccccc2)=C(c2ccccc2)O1. The highest BCUT2D eigenvalue weighted by atomic mass is 16.7. The van der Waals surface area contributed by atoms with Gasteiger partial charge in [0.1, 0.15) is 5.70 Å². The zero-order valence-corrected chi connectivity index (χ0v) is 15.9. The lowest BCUT2D eigenvalue weighted by atomic mass is 9.96. The molecule has 0 amide bonds. The summed E-state index contributed by atoms with van der Waals surface area (Å²) in [5.74, 6) is 0.842. The molecule has 0 bridgehead atoms. The molecule has 136 valence electrons. The third kappa shape index (κ3) is 3.46. The monoisotopic (exact) mass is 356 g/mol. The molecule has 0 fully saturated rings. The molecule has 0 spiro atoms. The van der Waals surface area contributed by atoms with Gasteiger partial charge in [-0.05, 0) is 37.1 Å². The minimum atomic E-state index is -0.191. The van der Waals surface area contributed by atoms with Gasteiger partial charge in [0.15, 0.2) is 5.76 Å². The van der Waals surface area contributed by atoms with Gasteiger partial charge >= 0.3 is 0 Å². The Morgan fingerprint density at radius 2 is 1.19 bits per heavy atom. The first-order valence-corrected chi connectivity index (χ1v) is 9.23. The predicted molar refractivity (Wildman–Crippen MR) is 111 cm³/mol. The van der Waals surface area contributed by atoms with Gasteiger partial charge in [-0.2, -0.15) is 0 Å². The summed E-state index contributed by atoms with van der Waals surface area (Å²) in [7, 11) is 0. The summed E-state index contributed by atoms with van der Waals surface area (Å²) in [5, 5.41) is 1.83. The molecule has 3 heteroatoms. The molecule has 0 unspecified atom stereocenters. The highest BCUT2D eigenvalue weighted by molar-refractivity contribution is 5.93. The average molecular weight is 356 g/mol. The maximum absolute atomic E-state index is 6.27. The van der Waals surface area contributed by atoms with Gasteiger partial charge in [-0.1, -0.05) is 84.9 Å². The summed E-state index contributed by atoms with van der Waals surface area (Å²) >= 11 is 0. The van der Waals surface area contributed by atoms with E-state index in [0.29, 0.717) is 0 Å². The molecule has 4 rings (SSSR count). The van der Waals surface area contributed by atoms with Gasteiger partial charge in [-0.3, -0.25) is 5.43 Å². The molecule has 1 heterocycles. The van der Waals surface area contributed by atoms with Crippen molar-refractivity contribution in [3.05, 3.63) is 96.1 Å². The van der Waals surface area contributed by atoms with E-state index in [2.05, 4.69) is 86.9 Å². The molecule has 0 aliphatic carbocycles. The Morgan fingerprint density at radius 1 is 0.667 bits per heavy atom. The van der Waals surface area contributed by atoms with Crippen LogP contribution in [0.15, 0.2) is 84.9 Å². The van der Waals surface area contributed by atoms with E-state index in [-0.39, 0.29) is 5.54 Å². The van der Waals surface area contributed by atoms with Crippen LogP contribution >= 0.6 is 0 Å². The van der Waals surface area contributed by atoms with Crippen LogP contribution in [0.25, 0.3) is 22.6 Å². The van der Waals surface area contributed by atoms with Crippen molar-refractivity contribution < 1.29 is 4.84 Å². The highest BCUT2D eigenvalue weighted by Gasteiger charge is 2.34. The van der Waals surface area contributed by atoms with Crippen LogP contribution in [0.2, 0.25) is 0 Å². The van der Waals surface area contributed by atoms with Gasteiger partial charge < -0.3 is 4.84 Å². The van der Waals surface area contributed by atoms with E-state index < -0.39 is 0 Å². The molecule has 0 radical (unpaired) electrons. The molecule has 3 aromatic rings. The largest absolute Gasteiger partial charge is 0.383 e. The predicted octanol–water partition coefficient (Wildman–Crippen LogP) is 5.73. The smallest absolute Gasteiger partial charge is 0.182 e. The summed E-state index contributed by atoms with van der Waals surface area (Å²) in [6, 6.07) is 29.1. The van der Waals surface area contributed by atoms with Crippen molar-refractivity contribution in [3.63, 3.8) is 0 Å². The standard InChI is InChI=1S/C24H24N2O/c1-24(2,3)26-25-22(23(27-26)19-14-8-5-9-15-19)21-17-11-10-16-20(21)18-12-6-4-7-13-18/h4-17,25H,1-3H3. The molecule has 27 heavy (non-hydrogen) atoms. The maximum Gasteiger partial charge on any atom is 0.182 e. The van der Waals surface area contributed by atoms with Gasteiger partial charge in [0.05, 0.1) is 5.54 Å². The first kappa shape index (κ1) is 17.4. The Balaban J connectivity index is 1.87. The first-order valence-electron chi connectivity index (χ1n) is 9.23. The third-order valence-corrected chi connectivity index (χ3v) is 4.55. The van der Waals surface area contributed by atoms with E-state index in [1.807, 2.05) is 29.4 Å². The van der Waals surface area contributed by atoms with Gasteiger partial charge in [0.2, 0.25) is 0 Å². The topological polar surface area (TPSA) is 24.5 Å². The van der Waals surface area contributed by atoms with E-state index in [9.17, 15) is 0 Å². The van der Waals surface area contributed by atoms with Gasteiger partial charge in [0.25, 0.3) is 0 Å². The number of hydrogen-bond acceptors (Lipinski definition) is 3. The van der Waals surface area contributed by atoms with Gasteiger partial charge in [0, 0.05) is 11.1 Å². The zero-order chi connectivity index (χ0) is 18.9. The van der Waals surface area contributed by atoms with Gasteiger partial charge in [-0.15, -0.1) is 0 Å². The van der Waals surface area contributed by atoms with Crippen LogP contribution in [-0.4, -0.2) is 10.7 Å². The van der Waals surface area contributed by atoms with E-state index in [1.54, 1.807) is 0 Å². The minimum Gasteiger partial charge on any atom is -0.383 e. The highest BCUT2D eigenvalue weighted by Crippen LogP contribution is 2.38. The maximum atomic E-state index is 6.27. The number of hydrogen-bond donors (Lipinski definition) is 1. The molecule has 3 aromatic carbocycles. The lowest BCUT2D eigenvalue weighted by molar-refractivity contribution is -0.163. The van der Waals surface area contributed by atoms with Crippen LogP contribution in [-0.2, 0) is 4.84 Å². The second-order valence-corrected chi connectivity index (χ2v) is 7.65. The number of hydrazine groups is 1. The number of benzene rings is 3.